The van der Waals surface area contributed by atoms with Crippen LogP contribution in [-0.4, -0.2) is 19.3 Å². The van der Waals surface area contributed by atoms with E-state index in [1.54, 1.807) is 27.9 Å². The molecule has 1 N–H and O–H groups in total. The smallest absolute Gasteiger partial charge is 0.0606 e. The van der Waals surface area contributed by atoms with Crippen LogP contribution in [0.1, 0.15) is 122 Å². The van der Waals surface area contributed by atoms with Crippen LogP contribution in [-0.2, 0) is 0 Å². The van der Waals surface area contributed by atoms with Crippen LogP contribution in [0.3, 0.4) is 0 Å². The lowest BCUT2D eigenvalue weighted by atomic mass is 9.61. The summed E-state index contributed by atoms with van der Waals surface area (Å²) in [6.07, 6.45) is 53.0. The minimum atomic E-state index is 0.633. The summed E-state index contributed by atoms with van der Waals surface area (Å²) in [5.74, 6) is 5.60. The largest absolute Gasteiger partial charge is 0.385 e. The van der Waals surface area contributed by atoms with Crippen LogP contribution in [0.15, 0.2) is 122 Å². The summed E-state index contributed by atoms with van der Waals surface area (Å²) >= 11 is 0. The average Bonchev–Trinajstić information content (AvgIpc) is 3.76. The number of hydrogen-bond acceptors (Lipinski definition) is 2. The molecule has 2 nitrogen and oxygen atoms in total. The molecule has 0 bridgehead atoms. The van der Waals surface area contributed by atoms with Crippen LogP contribution in [0.2, 0.25) is 0 Å². The van der Waals surface area contributed by atoms with E-state index in [2.05, 4.69) is 84.1 Å². The van der Waals surface area contributed by atoms with Crippen LogP contribution in [0.4, 0.5) is 0 Å². The SMILES string of the molecule is C/C(=C\CC(CNC1=C2C=CCCC2CC=C1)C1CC2C=CC=CC2C2=C1CCCC2)C1CCC(C2=CCC(C3=CC=NC3)CC2)=C2CCCCC21. The highest BCUT2D eigenvalue weighted by atomic mass is 14.9. The van der Waals surface area contributed by atoms with Gasteiger partial charge in [-0.2, -0.15) is 0 Å². The first-order valence-corrected chi connectivity index (χ1v) is 21.9. The predicted molar refractivity (Wildman–Crippen MR) is 220 cm³/mol. The van der Waals surface area contributed by atoms with Crippen molar-refractivity contribution in [1.82, 2.24) is 5.32 Å². The standard InChI is InChI=1S/C50H64N2/c1-34(41-27-28-43(47-18-7-6-16-45(41)47)37-25-23-35(24-26-37)39-29-30-51-32-39)21-22-40(33-52-50-20-10-13-36-11-2-5-15-44(36)50)49-31-38-12-3-4-14-42(38)46-17-8-9-19-48(46)49/h3-5,10,12,14-15,20-21,25,29-30,35-36,38,40-42,45,49,52H,2,6-9,11,13,16-19,22-24,26-28,31-33H2,1H3/b34-21+. The zero-order valence-corrected chi connectivity index (χ0v) is 32.1. The summed E-state index contributed by atoms with van der Waals surface area (Å²) in [6, 6.07) is 0. The van der Waals surface area contributed by atoms with Crippen molar-refractivity contribution < 1.29 is 0 Å². The van der Waals surface area contributed by atoms with Gasteiger partial charge in [-0.1, -0.05) is 83.4 Å². The van der Waals surface area contributed by atoms with E-state index in [0.29, 0.717) is 29.6 Å². The number of allylic oxidation sites excluding steroid dienone is 18. The third-order valence-corrected chi connectivity index (χ3v) is 15.3. The Bertz CT molecular complexity index is 1730. The summed E-state index contributed by atoms with van der Waals surface area (Å²) in [4.78, 5) is 4.49. The van der Waals surface area contributed by atoms with Crippen LogP contribution < -0.4 is 5.32 Å². The molecule has 8 aliphatic carbocycles. The minimum absolute atomic E-state index is 0.633. The Labute approximate surface area is 315 Å². The third-order valence-electron chi connectivity index (χ3n) is 15.3. The molecule has 1 fully saturated rings. The van der Waals surface area contributed by atoms with Crippen molar-refractivity contribution >= 4 is 6.21 Å². The first-order chi connectivity index (χ1) is 25.7. The van der Waals surface area contributed by atoms with E-state index in [1.165, 1.54) is 121 Å². The Morgan fingerprint density at radius 2 is 1.75 bits per heavy atom. The monoisotopic (exact) mass is 693 g/mol. The number of fused-ring (bicyclic) bond motifs is 4. The lowest BCUT2D eigenvalue weighted by molar-refractivity contribution is 0.258. The van der Waals surface area contributed by atoms with Gasteiger partial charge in [0.25, 0.3) is 0 Å². The van der Waals surface area contributed by atoms with Crippen molar-refractivity contribution in [2.45, 2.75) is 122 Å². The zero-order chi connectivity index (χ0) is 34.9. The molecule has 274 valence electrons. The Morgan fingerprint density at radius 3 is 2.63 bits per heavy atom. The lowest BCUT2D eigenvalue weighted by Gasteiger charge is -2.44. The molecule has 0 aromatic heterocycles. The van der Waals surface area contributed by atoms with Gasteiger partial charge in [-0.15, -0.1) is 0 Å². The van der Waals surface area contributed by atoms with Gasteiger partial charge in [-0.25, -0.2) is 0 Å². The van der Waals surface area contributed by atoms with Crippen molar-refractivity contribution in [3.05, 3.63) is 117 Å². The summed E-state index contributed by atoms with van der Waals surface area (Å²) in [6.45, 7) is 4.57. The summed E-state index contributed by atoms with van der Waals surface area (Å²) in [5, 5.41) is 4.13. The number of hydrogen-bond donors (Lipinski definition) is 1. The highest BCUT2D eigenvalue weighted by Gasteiger charge is 2.40. The molecule has 1 aliphatic heterocycles. The molecule has 2 heteroatoms. The molecule has 9 rings (SSSR count). The van der Waals surface area contributed by atoms with Crippen molar-refractivity contribution in [2.24, 2.45) is 52.3 Å². The Balaban J connectivity index is 0.971. The van der Waals surface area contributed by atoms with Crippen LogP contribution in [0.25, 0.3) is 0 Å². The lowest BCUT2D eigenvalue weighted by Crippen LogP contribution is -2.36. The van der Waals surface area contributed by atoms with E-state index < -0.39 is 0 Å². The molecule has 0 amide bonds. The van der Waals surface area contributed by atoms with Crippen LogP contribution >= 0.6 is 0 Å². The molecule has 1 heterocycles. The second-order valence-corrected chi connectivity index (χ2v) is 18.0. The normalized spacial score (nSPS) is 34.8. The van der Waals surface area contributed by atoms with E-state index in [4.69, 9.17) is 0 Å². The van der Waals surface area contributed by atoms with Gasteiger partial charge in [0.2, 0.25) is 0 Å². The fourth-order valence-electron chi connectivity index (χ4n) is 12.5. The van der Waals surface area contributed by atoms with E-state index in [-0.39, 0.29) is 0 Å². The van der Waals surface area contributed by atoms with Gasteiger partial charge < -0.3 is 5.32 Å². The molecule has 0 aromatic rings. The third kappa shape index (κ3) is 6.98. The minimum Gasteiger partial charge on any atom is -0.385 e. The number of nitrogens with one attached hydrogen (secondary N) is 1. The predicted octanol–water partition coefficient (Wildman–Crippen LogP) is 12.6. The van der Waals surface area contributed by atoms with Crippen molar-refractivity contribution in [1.29, 1.82) is 0 Å². The number of aliphatic imine (C=N–C) groups is 1. The van der Waals surface area contributed by atoms with Gasteiger partial charge in [0.05, 0.1) is 6.54 Å². The van der Waals surface area contributed by atoms with E-state index >= 15 is 0 Å². The highest BCUT2D eigenvalue weighted by Crippen LogP contribution is 2.52. The van der Waals surface area contributed by atoms with Gasteiger partial charge in [-0.05, 0) is 192 Å². The molecule has 0 radical (unpaired) electrons. The Hall–Kier alpha value is -3.13. The second kappa shape index (κ2) is 15.7. The fraction of sp³-hybridized carbons (Fsp3) is 0.580. The molecular weight excluding hydrogens is 629 g/mol. The highest BCUT2D eigenvalue weighted by molar-refractivity contribution is 5.75. The molecule has 9 aliphatic rings. The second-order valence-electron chi connectivity index (χ2n) is 18.0. The number of rotatable bonds is 9. The van der Waals surface area contributed by atoms with Gasteiger partial charge in [0.15, 0.2) is 0 Å². The molecule has 0 spiro atoms. The molecule has 8 unspecified atom stereocenters. The summed E-state index contributed by atoms with van der Waals surface area (Å²) in [7, 11) is 0. The van der Waals surface area contributed by atoms with Gasteiger partial charge in [0.1, 0.15) is 0 Å². The fourth-order valence-corrected chi connectivity index (χ4v) is 12.5. The van der Waals surface area contributed by atoms with Crippen molar-refractivity contribution in [2.75, 3.05) is 13.1 Å². The molecule has 8 atom stereocenters. The first kappa shape index (κ1) is 34.6. The van der Waals surface area contributed by atoms with Crippen LogP contribution in [0, 0.1) is 47.3 Å². The van der Waals surface area contributed by atoms with Gasteiger partial charge >= 0.3 is 0 Å². The maximum absolute atomic E-state index is 4.49. The van der Waals surface area contributed by atoms with Gasteiger partial charge in [0, 0.05) is 24.4 Å². The van der Waals surface area contributed by atoms with Crippen molar-refractivity contribution in [3.8, 4) is 0 Å². The quantitative estimate of drug-likeness (QED) is 0.239. The molecule has 52 heavy (non-hydrogen) atoms. The number of nitrogens with zero attached hydrogens (tertiary/aromatic N) is 1. The maximum Gasteiger partial charge on any atom is 0.0606 e. The van der Waals surface area contributed by atoms with E-state index in [1.807, 2.05) is 22.9 Å². The summed E-state index contributed by atoms with van der Waals surface area (Å²) < 4.78 is 0. The first-order valence-electron chi connectivity index (χ1n) is 21.9. The van der Waals surface area contributed by atoms with E-state index in [9.17, 15) is 0 Å². The van der Waals surface area contributed by atoms with Crippen LogP contribution in [0.5, 0.6) is 0 Å². The topological polar surface area (TPSA) is 24.4 Å². The average molecular weight is 693 g/mol. The Kier molecular flexibility index (Phi) is 10.4. The Morgan fingerprint density at radius 1 is 0.865 bits per heavy atom. The maximum atomic E-state index is 4.49. The van der Waals surface area contributed by atoms with Gasteiger partial charge in [-0.3, -0.25) is 4.99 Å². The zero-order valence-electron chi connectivity index (χ0n) is 32.1. The molecule has 0 aromatic carbocycles. The molecule has 1 saturated carbocycles. The van der Waals surface area contributed by atoms with Crippen molar-refractivity contribution in [3.63, 3.8) is 0 Å². The van der Waals surface area contributed by atoms with E-state index in [0.717, 1.165) is 30.8 Å². The summed E-state index contributed by atoms with van der Waals surface area (Å²) in [5.41, 5.74) is 15.4. The molecular formula is C50H64N2. The molecule has 0 saturated heterocycles.